The Labute approximate surface area is 389 Å². The van der Waals surface area contributed by atoms with Crippen LogP contribution in [0.4, 0.5) is 27.5 Å². The minimum atomic E-state index is -0.863. The number of fused-ring (bicyclic) bond motifs is 2. The Kier molecular flexibility index (Phi) is 14.5. The first-order chi connectivity index (χ1) is 32.5. The molecule has 17 nitrogen and oxygen atoms in total. The van der Waals surface area contributed by atoms with Crippen LogP contribution in [-0.4, -0.2) is 93.7 Å². The third-order valence-electron chi connectivity index (χ3n) is 12.1. The molecule has 6 heterocycles. The fourth-order valence-corrected chi connectivity index (χ4v) is 8.72. The lowest BCUT2D eigenvalue weighted by molar-refractivity contribution is -0.198. The average molecular weight is 913 g/mol. The van der Waals surface area contributed by atoms with E-state index in [0.717, 1.165) is 36.8 Å². The van der Waals surface area contributed by atoms with E-state index in [9.17, 15) is 24.0 Å². The van der Waals surface area contributed by atoms with Crippen molar-refractivity contribution in [1.29, 1.82) is 0 Å². The highest BCUT2D eigenvalue weighted by molar-refractivity contribution is 6.07. The molecule has 0 bridgehead atoms. The number of ether oxygens (including phenoxy) is 4. The molecule has 2 fully saturated rings. The summed E-state index contributed by atoms with van der Waals surface area (Å²) in [6.07, 6.45) is 11.5. The van der Waals surface area contributed by atoms with Crippen molar-refractivity contribution < 1.29 is 42.9 Å². The SMILES string of the molecule is C=CCOC(=O)N1c2cc(OCCCC(=O)Nc3cc(C(=O)Nc4ccc(-c5cc(C(=O)Nc6cccnc6)n(C)c5)cc4)n(C)c3)c(C)cc2C(=O)N2CCCC[C@H]2C1OC1CCCCO1. The van der Waals surface area contributed by atoms with Gasteiger partial charge in [-0.25, -0.2) is 9.69 Å². The second kappa shape index (κ2) is 20.9. The fraction of sp³-hybridized carbons (Fsp3) is 0.360. The Hall–Kier alpha value is -7.24. The maximum atomic E-state index is 14.2. The van der Waals surface area contributed by atoms with Crippen LogP contribution in [0.2, 0.25) is 0 Å². The first-order valence-corrected chi connectivity index (χ1v) is 22.7. The van der Waals surface area contributed by atoms with E-state index in [1.54, 1.807) is 90.4 Å². The van der Waals surface area contributed by atoms with Crippen molar-refractivity contribution >= 4 is 52.5 Å². The molecular weight excluding hydrogens is 857 g/mol. The molecular formula is C50H56N8O9. The number of amides is 5. The van der Waals surface area contributed by atoms with Gasteiger partial charge in [0.15, 0.2) is 12.5 Å². The number of carbonyl (C=O) groups is 5. The molecule has 67 heavy (non-hydrogen) atoms. The van der Waals surface area contributed by atoms with Crippen LogP contribution in [0.1, 0.15) is 88.3 Å². The molecule has 350 valence electrons. The van der Waals surface area contributed by atoms with Crippen LogP contribution in [0.15, 0.2) is 98.1 Å². The number of aryl methyl sites for hydroxylation is 3. The van der Waals surface area contributed by atoms with Gasteiger partial charge in [0.25, 0.3) is 17.7 Å². The van der Waals surface area contributed by atoms with Crippen LogP contribution in [-0.2, 0) is 33.1 Å². The summed E-state index contributed by atoms with van der Waals surface area (Å²) in [6.45, 7) is 6.76. The molecule has 3 aliphatic heterocycles. The molecule has 3 N–H and O–H groups in total. The van der Waals surface area contributed by atoms with Crippen LogP contribution in [0, 0.1) is 6.92 Å². The minimum absolute atomic E-state index is 0.0283. The molecule has 0 spiro atoms. The van der Waals surface area contributed by atoms with Gasteiger partial charge in [0.05, 0.1) is 41.5 Å². The van der Waals surface area contributed by atoms with Crippen molar-refractivity contribution in [3.8, 4) is 16.9 Å². The predicted octanol–water partition coefficient (Wildman–Crippen LogP) is 8.04. The molecule has 2 aromatic carbocycles. The Morgan fingerprint density at radius 2 is 1.63 bits per heavy atom. The number of hydrogen-bond donors (Lipinski definition) is 3. The molecule has 5 aromatic rings. The van der Waals surface area contributed by atoms with Crippen molar-refractivity contribution in [3.63, 3.8) is 0 Å². The molecule has 0 saturated carbocycles. The monoisotopic (exact) mass is 912 g/mol. The summed E-state index contributed by atoms with van der Waals surface area (Å²) in [5, 5.41) is 8.64. The van der Waals surface area contributed by atoms with Gasteiger partial charge in [-0.3, -0.25) is 24.2 Å². The maximum absolute atomic E-state index is 14.2. The van der Waals surface area contributed by atoms with Crippen LogP contribution in [0.25, 0.3) is 11.1 Å². The second-order valence-corrected chi connectivity index (χ2v) is 16.9. The lowest BCUT2D eigenvalue weighted by Gasteiger charge is -2.42. The highest BCUT2D eigenvalue weighted by Gasteiger charge is 2.46. The van der Waals surface area contributed by atoms with Gasteiger partial charge in [-0.05, 0) is 105 Å². The summed E-state index contributed by atoms with van der Waals surface area (Å²) in [5.74, 6) is -0.629. The first-order valence-electron chi connectivity index (χ1n) is 22.7. The molecule has 2 unspecified atom stereocenters. The van der Waals surface area contributed by atoms with Crippen LogP contribution < -0.4 is 25.6 Å². The van der Waals surface area contributed by atoms with E-state index >= 15 is 0 Å². The van der Waals surface area contributed by atoms with Gasteiger partial charge in [0, 0.05) is 69.6 Å². The number of pyridine rings is 1. The number of anilines is 4. The molecule has 3 aromatic heterocycles. The number of piperidine rings is 1. The topological polar surface area (TPSA) is 188 Å². The normalized spacial score (nSPS) is 18.0. The molecule has 17 heteroatoms. The van der Waals surface area contributed by atoms with Crippen molar-refractivity contribution in [1.82, 2.24) is 19.0 Å². The summed E-state index contributed by atoms with van der Waals surface area (Å²) >= 11 is 0. The van der Waals surface area contributed by atoms with Crippen LogP contribution in [0.5, 0.6) is 5.75 Å². The van der Waals surface area contributed by atoms with E-state index in [1.807, 2.05) is 30.2 Å². The summed E-state index contributed by atoms with van der Waals surface area (Å²) in [5.41, 5.74) is 5.50. The van der Waals surface area contributed by atoms with Crippen LogP contribution >= 0.6 is 0 Å². The zero-order valence-corrected chi connectivity index (χ0v) is 38.0. The largest absolute Gasteiger partial charge is 0.493 e. The molecule has 3 aliphatic rings. The van der Waals surface area contributed by atoms with Gasteiger partial charge in [-0.1, -0.05) is 24.8 Å². The van der Waals surface area contributed by atoms with Crippen molar-refractivity contribution in [3.05, 3.63) is 121 Å². The first kappa shape index (κ1) is 46.3. The molecule has 0 aliphatic carbocycles. The van der Waals surface area contributed by atoms with Crippen molar-refractivity contribution in [2.24, 2.45) is 14.1 Å². The van der Waals surface area contributed by atoms with Gasteiger partial charge in [0.1, 0.15) is 23.7 Å². The van der Waals surface area contributed by atoms with E-state index < -0.39 is 24.7 Å². The number of carbonyl (C=O) groups excluding carboxylic acids is 5. The molecule has 8 rings (SSSR count). The summed E-state index contributed by atoms with van der Waals surface area (Å²) in [6, 6.07) is 17.2. The van der Waals surface area contributed by atoms with E-state index in [1.165, 1.54) is 11.0 Å². The smallest absolute Gasteiger partial charge is 0.416 e. The molecule has 2 saturated heterocycles. The fourth-order valence-electron chi connectivity index (χ4n) is 8.72. The average Bonchev–Trinajstić information content (AvgIpc) is 3.89. The molecule has 3 atom stereocenters. The number of rotatable bonds is 15. The highest BCUT2D eigenvalue weighted by atomic mass is 16.7. The third-order valence-corrected chi connectivity index (χ3v) is 12.1. The van der Waals surface area contributed by atoms with E-state index in [2.05, 4.69) is 27.5 Å². The number of nitrogens with one attached hydrogen (secondary N) is 3. The van der Waals surface area contributed by atoms with Gasteiger partial charge in [0.2, 0.25) is 5.91 Å². The maximum Gasteiger partial charge on any atom is 0.416 e. The zero-order valence-electron chi connectivity index (χ0n) is 38.0. The molecule has 5 amide bonds. The van der Waals surface area contributed by atoms with Gasteiger partial charge in [-0.2, -0.15) is 0 Å². The third kappa shape index (κ3) is 10.7. The summed E-state index contributed by atoms with van der Waals surface area (Å²) < 4.78 is 27.8. The Morgan fingerprint density at radius 1 is 0.866 bits per heavy atom. The lowest BCUT2D eigenvalue weighted by Crippen LogP contribution is -2.57. The van der Waals surface area contributed by atoms with Crippen molar-refractivity contribution in [2.75, 3.05) is 47.2 Å². The van der Waals surface area contributed by atoms with E-state index in [-0.39, 0.29) is 43.3 Å². The molecule has 0 radical (unpaired) electrons. The minimum Gasteiger partial charge on any atom is -0.493 e. The summed E-state index contributed by atoms with van der Waals surface area (Å²) in [4.78, 5) is 74.8. The number of benzene rings is 2. The van der Waals surface area contributed by atoms with Gasteiger partial charge < -0.3 is 48.9 Å². The Bertz CT molecular complexity index is 2620. The van der Waals surface area contributed by atoms with Crippen LogP contribution in [0.3, 0.4) is 0 Å². The Morgan fingerprint density at radius 3 is 2.37 bits per heavy atom. The number of nitrogens with zero attached hydrogens (tertiary/aromatic N) is 5. The summed E-state index contributed by atoms with van der Waals surface area (Å²) in [7, 11) is 3.52. The quantitative estimate of drug-likeness (QED) is 0.0685. The number of aromatic nitrogens is 3. The van der Waals surface area contributed by atoms with Gasteiger partial charge >= 0.3 is 6.09 Å². The predicted molar refractivity (Wildman–Crippen MR) is 252 cm³/mol. The van der Waals surface area contributed by atoms with Crippen molar-refractivity contribution in [2.45, 2.75) is 76.9 Å². The second-order valence-electron chi connectivity index (χ2n) is 16.9. The Balaban J connectivity index is 0.874. The van der Waals surface area contributed by atoms with Gasteiger partial charge in [-0.15, -0.1) is 0 Å². The van der Waals surface area contributed by atoms with E-state index in [4.69, 9.17) is 18.9 Å². The highest BCUT2D eigenvalue weighted by Crippen LogP contribution is 2.40. The zero-order chi connectivity index (χ0) is 47.0. The van der Waals surface area contributed by atoms with E-state index in [0.29, 0.717) is 83.4 Å². The standard InChI is InChI=1S/C50H56N8O9/c1-5-22-66-50(63)58-40-28-43(32(2)25-38(40)48(62)57-21-8-6-13-39(57)49(58)67-45-15-7-9-23-65-45)64-24-11-14-44(59)52-37-27-42(56(4)31-37)47(61)53-35-18-16-33(17-19-35)34-26-41(55(3)30-34)46(60)54-36-12-10-20-51-29-36/h5,10,12,16-20,25-31,39,45,49H,1,6-9,11,13-15,21-24H2,2-4H3,(H,52,59)(H,53,61)(H,54,60)/t39-,45?,49?/m0/s1. The lowest BCUT2D eigenvalue weighted by atomic mass is 10.00. The number of hydrogen-bond acceptors (Lipinski definition) is 10.